The molecule has 1 heterocycles. The highest BCUT2D eigenvalue weighted by molar-refractivity contribution is 5.76. The number of carbonyl (C=O) groups is 1. The van der Waals surface area contributed by atoms with Crippen LogP contribution in [0.2, 0.25) is 0 Å². The van der Waals surface area contributed by atoms with E-state index >= 15 is 0 Å². The second kappa shape index (κ2) is 9.59. The van der Waals surface area contributed by atoms with E-state index in [1.807, 2.05) is 6.07 Å². The highest BCUT2D eigenvalue weighted by Gasteiger charge is 2.14. The van der Waals surface area contributed by atoms with Crippen LogP contribution in [-0.4, -0.2) is 38.4 Å². The molecule has 0 aliphatic carbocycles. The molecule has 0 saturated carbocycles. The Morgan fingerprint density at radius 2 is 2.36 bits per heavy atom. The molecule has 122 valence electrons. The fraction of sp³-hybridized carbons (Fsp3) is 0.611. The van der Waals surface area contributed by atoms with Crippen LogP contribution in [0.4, 0.5) is 0 Å². The summed E-state index contributed by atoms with van der Waals surface area (Å²) < 4.78 is 11.1. The number of amides is 1. The highest BCUT2D eigenvalue weighted by atomic mass is 16.5. The standard InChI is InChI=1S/C18H27NO3/c1-15-5-2-6-16(13-15)8-9-18(20)19-10-4-11-21-14-17-7-3-12-22-17/h2,5-6,13,17H,3-4,7-12,14H2,1H3,(H,19,20). The third-order valence-electron chi connectivity index (χ3n) is 3.84. The molecule has 1 aromatic carbocycles. The van der Waals surface area contributed by atoms with Gasteiger partial charge in [0.2, 0.25) is 5.91 Å². The molecule has 1 fully saturated rings. The van der Waals surface area contributed by atoms with Gasteiger partial charge in [-0.15, -0.1) is 0 Å². The molecule has 4 nitrogen and oxygen atoms in total. The summed E-state index contributed by atoms with van der Waals surface area (Å²) in [5.41, 5.74) is 2.45. The second-order valence-electron chi connectivity index (χ2n) is 5.90. The third-order valence-corrected chi connectivity index (χ3v) is 3.84. The average Bonchev–Trinajstić information content (AvgIpc) is 3.02. The van der Waals surface area contributed by atoms with Gasteiger partial charge in [-0.1, -0.05) is 29.8 Å². The molecule has 2 rings (SSSR count). The first-order valence-corrected chi connectivity index (χ1v) is 8.25. The molecule has 0 aromatic heterocycles. The summed E-state index contributed by atoms with van der Waals surface area (Å²) in [6, 6.07) is 8.31. The van der Waals surface area contributed by atoms with Crippen LogP contribution in [0.5, 0.6) is 0 Å². The Hall–Kier alpha value is -1.39. The summed E-state index contributed by atoms with van der Waals surface area (Å²) in [5.74, 6) is 0.112. The van der Waals surface area contributed by atoms with E-state index in [-0.39, 0.29) is 12.0 Å². The molecule has 0 spiro atoms. The van der Waals surface area contributed by atoms with E-state index in [1.165, 1.54) is 11.1 Å². The predicted octanol–water partition coefficient (Wildman–Crippen LogP) is 2.63. The minimum atomic E-state index is 0.112. The lowest BCUT2D eigenvalue weighted by molar-refractivity contribution is -0.121. The minimum absolute atomic E-state index is 0.112. The van der Waals surface area contributed by atoms with Crippen molar-refractivity contribution in [3.8, 4) is 0 Å². The monoisotopic (exact) mass is 305 g/mol. The number of carbonyl (C=O) groups excluding carboxylic acids is 1. The zero-order valence-corrected chi connectivity index (χ0v) is 13.5. The van der Waals surface area contributed by atoms with E-state index in [0.717, 1.165) is 32.3 Å². The molecule has 4 heteroatoms. The summed E-state index contributed by atoms with van der Waals surface area (Å²) in [5, 5.41) is 2.95. The van der Waals surface area contributed by atoms with E-state index in [1.54, 1.807) is 0 Å². The number of nitrogens with one attached hydrogen (secondary N) is 1. The summed E-state index contributed by atoms with van der Waals surface area (Å²) in [7, 11) is 0. The lowest BCUT2D eigenvalue weighted by Gasteiger charge is -2.10. The average molecular weight is 305 g/mol. The summed E-state index contributed by atoms with van der Waals surface area (Å²) in [6.07, 6.45) is 4.72. The molecular weight excluding hydrogens is 278 g/mol. The first kappa shape index (κ1) is 17.0. The van der Waals surface area contributed by atoms with Crippen molar-refractivity contribution in [2.24, 2.45) is 0 Å². The predicted molar refractivity (Wildman–Crippen MR) is 86.9 cm³/mol. The van der Waals surface area contributed by atoms with E-state index in [4.69, 9.17) is 9.47 Å². The highest BCUT2D eigenvalue weighted by Crippen LogP contribution is 2.11. The van der Waals surface area contributed by atoms with E-state index in [0.29, 0.717) is 26.2 Å². The van der Waals surface area contributed by atoms with Crippen LogP contribution >= 0.6 is 0 Å². The Labute approximate surface area is 133 Å². The maximum Gasteiger partial charge on any atom is 0.220 e. The number of ether oxygens (including phenoxy) is 2. The number of hydrogen-bond donors (Lipinski definition) is 1. The zero-order chi connectivity index (χ0) is 15.6. The molecule has 1 N–H and O–H groups in total. The molecule has 22 heavy (non-hydrogen) atoms. The van der Waals surface area contributed by atoms with Gasteiger partial charge >= 0.3 is 0 Å². The van der Waals surface area contributed by atoms with Crippen molar-refractivity contribution in [3.05, 3.63) is 35.4 Å². The van der Waals surface area contributed by atoms with Gasteiger partial charge in [0.15, 0.2) is 0 Å². The van der Waals surface area contributed by atoms with Gasteiger partial charge in [-0.05, 0) is 38.2 Å². The molecule has 0 radical (unpaired) electrons. The molecular formula is C18H27NO3. The van der Waals surface area contributed by atoms with Crippen LogP contribution in [0.1, 0.15) is 36.8 Å². The van der Waals surface area contributed by atoms with Crippen molar-refractivity contribution >= 4 is 5.91 Å². The SMILES string of the molecule is Cc1cccc(CCC(=O)NCCCOCC2CCCO2)c1. The largest absolute Gasteiger partial charge is 0.379 e. The van der Waals surface area contributed by atoms with Gasteiger partial charge in [0.05, 0.1) is 12.7 Å². The Morgan fingerprint density at radius 1 is 1.45 bits per heavy atom. The second-order valence-corrected chi connectivity index (χ2v) is 5.90. The molecule has 1 aliphatic rings. The van der Waals surface area contributed by atoms with Crippen molar-refractivity contribution in [3.63, 3.8) is 0 Å². The maximum atomic E-state index is 11.8. The lowest BCUT2D eigenvalue weighted by Crippen LogP contribution is -2.26. The Morgan fingerprint density at radius 3 is 3.14 bits per heavy atom. The molecule has 1 aliphatic heterocycles. The Bertz CT molecular complexity index is 455. The van der Waals surface area contributed by atoms with Crippen LogP contribution in [0.25, 0.3) is 0 Å². The smallest absolute Gasteiger partial charge is 0.220 e. The Kier molecular flexibility index (Phi) is 7.40. The van der Waals surface area contributed by atoms with Gasteiger partial charge in [-0.2, -0.15) is 0 Å². The fourth-order valence-electron chi connectivity index (χ4n) is 2.61. The molecule has 1 unspecified atom stereocenters. The van der Waals surface area contributed by atoms with Crippen LogP contribution in [0.15, 0.2) is 24.3 Å². The van der Waals surface area contributed by atoms with Crippen molar-refractivity contribution < 1.29 is 14.3 Å². The third kappa shape index (κ3) is 6.58. The first-order chi connectivity index (χ1) is 10.7. The summed E-state index contributed by atoms with van der Waals surface area (Å²) in [6.45, 7) is 4.97. The topological polar surface area (TPSA) is 47.6 Å². The zero-order valence-electron chi connectivity index (χ0n) is 13.5. The molecule has 1 atom stereocenters. The van der Waals surface area contributed by atoms with Gasteiger partial charge in [-0.25, -0.2) is 0 Å². The van der Waals surface area contributed by atoms with Crippen molar-refractivity contribution in [1.82, 2.24) is 5.32 Å². The van der Waals surface area contributed by atoms with Crippen molar-refractivity contribution in [2.75, 3.05) is 26.4 Å². The number of benzene rings is 1. The molecule has 1 saturated heterocycles. The van der Waals surface area contributed by atoms with E-state index in [9.17, 15) is 4.79 Å². The molecule has 1 aromatic rings. The van der Waals surface area contributed by atoms with Crippen LogP contribution in [0, 0.1) is 6.92 Å². The van der Waals surface area contributed by atoms with Gasteiger partial charge < -0.3 is 14.8 Å². The summed E-state index contributed by atoms with van der Waals surface area (Å²) >= 11 is 0. The quantitative estimate of drug-likeness (QED) is 0.714. The number of hydrogen-bond acceptors (Lipinski definition) is 3. The fourth-order valence-corrected chi connectivity index (χ4v) is 2.61. The van der Waals surface area contributed by atoms with E-state index in [2.05, 4.69) is 30.4 Å². The van der Waals surface area contributed by atoms with Crippen LogP contribution in [0.3, 0.4) is 0 Å². The Balaban J connectivity index is 1.47. The lowest BCUT2D eigenvalue weighted by atomic mass is 10.1. The normalized spacial score (nSPS) is 17.6. The summed E-state index contributed by atoms with van der Waals surface area (Å²) in [4.78, 5) is 11.8. The maximum absolute atomic E-state index is 11.8. The van der Waals surface area contributed by atoms with Crippen LogP contribution < -0.4 is 5.32 Å². The molecule has 0 bridgehead atoms. The first-order valence-electron chi connectivity index (χ1n) is 8.25. The van der Waals surface area contributed by atoms with Gasteiger partial charge in [0, 0.05) is 26.2 Å². The number of aryl methyl sites for hydroxylation is 2. The molecule has 1 amide bonds. The van der Waals surface area contributed by atoms with Gasteiger partial charge in [0.25, 0.3) is 0 Å². The minimum Gasteiger partial charge on any atom is -0.379 e. The van der Waals surface area contributed by atoms with Crippen LogP contribution in [-0.2, 0) is 20.7 Å². The van der Waals surface area contributed by atoms with Crippen molar-refractivity contribution in [2.45, 2.75) is 45.1 Å². The van der Waals surface area contributed by atoms with Gasteiger partial charge in [0.1, 0.15) is 0 Å². The van der Waals surface area contributed by atoms with Crippen molar-refractivity contribution in [1.29, 1.82) is 0 Å². The van der Waals surface area contributed by atoms with Gasteiger partial charge in [-0.3, -0.25) is 4.79 Å². The van der Waals surface area contributed by atoms with E-state index < -0.39 is 0 Å². The number of rotatable bonds is 9.